The van der Waals surface area contributed by atoms with Crippen LogP contribution in [-0.4, -0.2) is 21.1 Å². The van der Waals surface area contributed by atoms with Gasteiger partial charge in [0.05, 0.1) is 10.2 Å². The first kappa shape index (κ1) is 13.8. The van der Waals surface area contributed by atoms with E-state index in [1.165, 1.54) is 16.9 Å². The highest BCUT2D eigenvalue weighted by molar-refractivity contribution is 7.22. The van der Waals surface area contributed by atoms with Gasteiger partial charge >= 0.3 is 0 Å². The topological polar surface area (TPSA) is 70.7 Å². The molecule has 0 fully saturated rings. The molecule has 5 nitrogen and oxygen atoms in total. The molecule has 0 unspecified atom stereocenters. The number of amides is 1. The molecule has 2 heterocycles. The third-order valence-electron chi connectivity index (χ3n) is 3.15. The predicted molar refractivity (Wildman–Crippen MR) is 84.9 cm³/mol. The van der Waals surface area contributed by atoms with E-state index < -0.39 is 0 Å². The smallest absolute Gasteiger partial charge is 0.277 e. The van der Waals surface area contributed by atoms with Crippen LogP contribution in [-0.2, 0) is 6.42 Å². The molecular formula is C15H16N4OS. The highest BCUT2D eigenvalue weighted by atomic mass is 32.1. The number of benzene rings is 1. The van der Waals surface area contributed by atoms with E-state index in [9.17, 15) is 4.79 Å². The van der Waals surface area contributed by atoms with Crippen LogP contribution in [0.2, 0.25) is 0 Å². The molecule has 0 radical (unpaired) electrons. The van der Waals surface area contributed by atoms with Crippen LogP contribution in [0.15, 0.2) is 24.3 Å². The van der Waals surface area contributed by atoms with Gasteiger partial charge in [-0.1, -0.05) is 30.7 Å². The van der Waals surface area contributed by atoms with Gasteiger partial charge in [-0.05, 0) is 37.1 Å². The summed E-state index contributed by atoms with van der Waals surface area (Å²) >= 11 is 1.47. The van der Waals surface area contributed by atoms with E-state index in [0.29, 0.717) is 10.8 Å². The summed E-state index contributed by atoms with van der Waals surface area (Å²) < 4.78 is 1.07. The minimum absolute atomic E-state index is 0.232. The number of rotatable bonds is 4. The lowest BCUT2D eigenvalue weighted by molar-refractivity contribution is 0.102. The van der Waals surface area contributed by atoms with Crippen LogP contribution in [0.5, 0.6) is 0 Å². The Morgan fingerprint density at radius 1 is 1.38 bits per heavy atom. The Balaban J connectivity index is 1.78. The number of hydrogen-bond acceptors (Lipinski definition) is 4. The minimum Gasteiger partial charge on any atom is -0.296 e. The lowest BCUT2D eigenvalue weighted by atomic mass is 10.2. The number of aryl methyl sites for hydroxylation is 2. The SMILES string of the molecule is CCCc1cc(C(=O)Nc2nc3ccc(C)cc3s2)n[nH]1. The number of nitrogens with zero attached hydrogens (tertiary/aromatic N) is 2. The fraction of sp³-hybridized carbons (Fsp3) is 0.267. The zero-order chi connectivity index (χ0) is 14.8. The Labute approximate surface area is 126 Å². The molecule has 0 saturated carbocycles. The molecule has 0 aliphatic rings. The number of carbonyl (C=O) groups excluding carboxylic acids is 1. The monoisotopic (exact) mass is 300 g/mol. The van der Waals surface area contributed by atoms with Crippen LogP contribution in [0, 0.1) is 6.92 Å². The maximum atomic E-state index is 12.1. The number of fused-ring (bicyclic) bond motifs is 1. The van der Waals surface area contributed by atoms with Crippen LogP contribution < -0.4 is 5.32 Å². The molecule has 3 rings (SSSR count). The highest BCUT2D eigenvalue weighted by Crippen LogP contribution is 2.26. The summed E-state index contributed by atoms with van der Waals surface area (Å²) in [4.78, 5) is 16.6. The van der Waals surface area contributed by atoms with Crippen molar-refractivity contribution in [1.82, 2.24) is 15.2 Å². The van der Waals surface area contributed by atoms with E-state index in [1.54, 1.807) is 6.07 Å². The van der Waals surface area contributed by atoms with Crippen molar-refractivity contribution in [2.45, 2.75) is 26.7 Å². The first-order valence-corrected chi connectivity index (χ1v) is 7.70. The molecule has 2 N–H and O–H groups in total. The van der Waals surface area contributed by atoms with Crippen LogP contribution in [0.3, 0.4) is 0 Å². The summed E-state index contributed by atoms with van der Waals surface area (Å²) in [5, 5.41) is 10.3. The number of anilines is 1. The number of carbonyl (C=O) groups is 1. The molecule has 0 spiro atoms. The number of thiazole rings is 1. The predicted octanol–water partition coefficient (Wildman–Crippen LogP) is 3.53. The third-order valence-corrected chi connectivity index (χ3v) is 4.08. The normalized spacial score (nSPS) is 11.0. The van der Waals surface area contributed by atoms with Crippen LogP contribution in [0.1, 0.15) is 35.1 Å². The largest absolute Gasteiger partial charge is 0.296 e. The molecule has 0 saturated heterocycles. The van der Waals surface area contributed by atoms with Crippen molar-refractivity contribution in [2.24, 2.45) is 0 Å². The minimum atomic E-state index is -0.232. The van der Waals surface area contributed by atoms with Gasteiger partial charge in [0.1, 0.15) is 0 Å². The van der Waals surface area contributed by atoms with E-state index in [4.69, 9.17) is 0 Å². The first-order valence-electron chi connectivity index (χ1n) is 6.88. The van der Waals surface area contributed by atoms with Crippen molar-refractivity contribution in [3.8, 4) is 0 Å². The van der Waals surface area contributed by atoms with Gasteiger partial charge in [0.15, 0.2) is 10.8 Å². The van der Waals surface area contributed by atoms with Gasteiger partial charge < -0.3 is 0 Å². The Morgan fingerprint density at radius 2 is 2.24 bits per heavy atom. The third kappa shape index (κ3) is 2.95. The molecule has 21 heavy (non-hydrogen) atoms. The molecule has 0 aliphatic heterocycles. The van der Waals surface area contributed by atoms with Gasteiger partial charge in [-0.25, -0.2) is 4.98 Å². The summed E-state index contributed by atoms with van der Waals surface area (Å²) in [6.07, 6.45) is 1.90. The lowest BCUT2D eigenvalue weighted by Crippen LogP contribution is -2.12. The molecule has 1 aromatic carbocycles. The van der Waals surface area contributed by atoms with E-state index >= 15 is 0 Å². The molecule has 0 bridgehead atoms. The fourth-order valence-corrected chi connectivity index (χ4v) is 3.08. The average Bonchev–Trinajstić information content (AvgIpc) is 3.05. The molecule has 2 aromatic heterocycles. The average molecular weight is 300 g/mol. The second-order valence-electron chi connectivity index (χ2n) is 4.97. The molecular weight excluding hydrogens is 284 g/mol. The Bertz CT molecular complexity index is 790. The van der Waals surface area contributed by atoms with Gasteiger partial charge in [0.25, 0.3) is 5.91 Å². The lowest BCUT2D eigenvalue weighted by Gasteiger charge is -1.96. The molecule has 0 atom stereocenters. The molecule has 0 aliphatic carbocycles. The quantitative estimate of drug-likeness (QED) is 0.774. The molecule has 108 valence electrons. The van der Waals surface area contributed by atoms with Crippen LogP contribution in [0.25, 0.3) is 10.2 Å². The van der Waals surface area contributed by atoms with Crippen molar-refractivity contribution in [3.05, 3.63) is 41.2 Å². The number of hydrogen-bond donors (Lipinski definition) is 2. The van der Waals surface area contributed by atoms with E-state index in [-0.39, 0.29) is 5.91 Å². The fourth-order valence-electron chi connectivity index (χ4n) is 2.12. The van der Waals surface area contributed by atoms with Crippen molar-refractivity contribution in [3.63, 3.8) is 0 Å². The van der Waals surface area contributed by atoms with Gasteiger partial charge in [-0.15, -0.1) is 0 Å². The van der Waals surface area contributed by atoms with E-state index in [2.05, 4.69) is 33.5 Å². The van der Waals surface area contributed by atoms with Crippen molar-refractivity contribution >= 4 is 32.6 Å². The summed E-state index contributed by atoms with van der Waals surface area (Å²) in [5.41, 5.74) is 3.45. The maximum Gasteiger partial charge on any atom is 0.277 e. The second kappa shape index (κ2) is 5.65. The summed E-state index contributed by atoms with van der Waals surface area (Å²) in [5.74, 6) is -0.232. The number of nitrogens with one attached hydrogen (secondary N) is 2. The number of aromatic amines is 1. The van der Waals surface area contributed by atoms with Gasteiger partial charge in [0.2, 0.25) is 0 Å². The molecule has 1 amide bonds. The van der Waals surface area contributed by atoms with Gasteiger partial charge in [0, 0.05) is 5.69 Å². The standard InChI is InChI=1S/C15H16N4OS/c1-3-4-10-8-12(19-18-10)14(20)17-15-16-11-6-5-9(2)7-13(11)21-15/h5-8H,3-4H2,1-2H3,(H,18,19)(H,16,17,20). The Morgan fingerprint density at radius 3 is 3.05 bits per heavy atom. The number of aromatic nitrogens is 3. The molecule has 3 aromatic rings. The maximum absolute atomic E-state index is 12.1. The Hall–Kier alpha value is -2.21. The van der Waals surface area contributed by atoms with Crippen molar-refractivity contribution in [1.29, 1.82) is 0 Å². The zero-order valence-electron chi connectivity index (χ0n) is 11.9. The van der Waals surface area contributed by atoms with Crippen LogP contribution >= 0.6 is 11.3 Å². The summed E-state index contributed by atoms with van der Waals surface area (Å²) in [6.45, 7) is 4.13. The van der Waals surface area contributed by atoms with Crippen molar-refractivity contribution in [2.75, 3.05) is 5.32 Å². The van der Waals surface area contributed by atoms with E-state index in [0.717, 1.165) is 28.8 Å². The van der Waals surface area contributed by atoms with Crippen LogP contribution in [0.4, 0.5) is 5.13 Å². The van der Waals surface area contributed by atoms with E-state index in [1.807, 2.05) is 19.1 Å². The second-order valence-corrected chi connectivity index (χ2v) is 6.00. The van der Waals surface area contributed by atoms with Gasteiger partial charge in [-0.2, -0.15) is 5.10 Å². The first-order chi connectivity index (χ1) is 10.2. The van der Waals surface area contributed by atoms with Crippen molar-refractivity contribution < 1.29 is 4.79 Å². The molecule has 6 heteroatoms. The van der Waals surface area contributed by atoms with Gasteiger partial charge in [-0.3, -0.25) is 15.2 Å². The summed E-state index contributed by atoms with van der Waals surface area (Å²) in [6, 6.07) is 7.83. The zero-order valence-corrected chi connectivity index (χ0v) is 12.8. The number of H-pyrrole nitrogens is 1. The Kier molecular flexibility index (Phi) is 3.70. The summed E-state index contributed by atoms with van der Waals surface area (Å²) in [7, 11) is 0. The highest BCUT2D eigenvalue weighted by Gasteiger charge is 2.13.